The van der Waals surface area contributed by atoms with Crippen molar-refractivity contribution >= 4 is 39.4 Å². The number of halogens is 1. The highest BCUT2D eigenvalue weighted by atomic mass is 35.5. The molecular weight excluding hydrogens is 434 g/mol. The summed E-state index contributed by atoms with van der Waals surface area (Å²) in [7, 11) is 0. The van der Waals surface area contributed by atoms with Gasteiger partial charge in [-0.25, -0.2) is 9.97 Å². The molecule has 2 fully saturated rings. The number of nitrogens with one attached hydrogen (secondary N) is 2. The Kier molecular flexibility index (Phi) is 5.66. The second-order valence-electron chi connectivity index (χ2n) is 9.14. The smallest absolute Gasteiger partial charge is 0.143 e. The Morgan fingerprint density at radius 3 is 2.61 bits per heavy atom. The molecule has 0 unspecified atom stereocenters. The molecule has 2 aromatic carbocycles. The summed E-state index contributed by atoms with van der Waals surface area (Å²) in [5.41, 5.74) is 4.17. The van der Waals surface area contributed by atoms with Crippen molar-refractivity contribution in [1.82, 2.24) is 19.9 Å². The van der Waals surface area contributed by atoms with Gasteiger partial charge in [-0.3, -0.25) is 4.90 Å². The quantitative estimate of drug-likeness (QED) is 0.421. The van der Waals surface area contributed by atoms with Gasteiger partial charge in [0.05, 0.1) is 18.6 Å². The standard InChI is InChI=1S/C26H28ClN5O/c27-19-3-1-2-17(14-19)18-4-9-23-22(15-18)24-25(28-16-29-26(24)31-23)30-20-5-7-21(8-6-20)32-10-12-33-13-11-32/h1-4,9,14-16,20-21H,5-8,10-13H2,(H2,28,29,30,31)/t20-,21-. The predicted molar refractivity (Wildman–Crippen MR) is 134 cm³/mol. The van der Waals surface area contributed by atoms with E-state index in [9.17, 15) is 0 Å². The third-order valence-corrected chi connectivity index (χ3v) is 7.38. The number of ether oxygens (including phenoxy) is 1. The Morgan fingerprint density at radius 1 is 0.970 bits per heavy atom. The maximum Gasteiger partial charge on any atom is 0.143 e. The Hall–Kier alpha value is -2.67. The number of aromatic nitrogens is 3. The van der Waals surface area contributed by atoms with Crippen molar-refractivity contribution in [3.63, 3.8) is 0 Å². The fraction of sp³-hybridized carbons (Fsp3) is 0.385. The van der Waals surface area contributed by atoms with E-state index in [1.807, 2.05) is 18.2 Å². The largest absolute Gasteiger partial charge is 0.379 e. The monoisotopic (exact) mass is 461 g/mol. The number of rotatable bonds is 4. The third-order valence-electron chi connectivity index (χ3n) is 7.15. The van der Waals surface area contributed by atoms with E-state index < -0.39 is 0 Å². The van der Waals surface area contributed by atoms with Crippen LogP contribution in [0.4, 0.5) is 5.82 Å². The van der Waals surface area contributed by atoms with Gasteiger partial charge < -0.3 is 15.0 Å². The fourth-order valence-electron chi connectivity index (χ4n) is 5.40. The van der Waals surface area contributed by atoms with Crippen molar-refractivity contribution in [3.8, 4) is 11.1 Å². The molecular formula is C26H28ClN5O. The van der Waals surface area contributed by atoms with Crippen LogP contribution in [0, 0.1) is 0 Å². The Morgan fingerprint density at radius 2 is 1.79 bits per heavy atom. The van der Waals surface area contributed by atoms with Gasteiger partial charge in [0.25, 0.3) is 0 Å². The van der Waals surface area contributed by atoms with Gasteiger partial charge in [0.2, 0.25) is 0 Å². The van der Waals surface area contributed by atoms with E-state index in [4.69, 9.17) is 16.3 Å². The Labute approximate surface area is 198 Å². The van der Waals surface area contributed by atoms with Crippen molar-refractivity contribution in [2.45, 2.75) is 37.8 Å². The number of nitrogens with zero attached hydrogens (tertiary/aromatic N) is 3. The molecule has 3 heterocycles. The zero-order chi connectivity index (χ0) is 22.2. The lowest BCUT2D eigenvalue weighted by molar-refractivity contribution is 0.00791. The molecule has 0 spiro atoms. The maximum absolute atomic E-state index is 6.24. The van der Waals surface area contributed by atoms with Crippen LogP contribution in [0.5, 0.6) is 0 Å². The van der Waals surface area contributed by atoms with Crippen LogP contribution < -0.4 is 5.32 Å². The van der Waals surface area contributed by atoms with Crippen molar-refractivity contribution in [1.29, 1.82) is 0 Å². The topological polar surface area (TPSA) is 66.1 Å². The minimum Gasteiger partial charge on any atom is -0.379 e. The summed E-state index contributed by atoms with van der Waals surface area (Å²) in [5.74, 6) is 0.921. The molecule has 6 nitrogen and oxygen atoms in total. The molecule has 1 aliphatic carbocycles. The number of benzene rings is 2. The van der Waals surface area contributed by atoms with Crippen molar-refractivity contribution in [3.05, 3.63) is 53.8 Å². The molecule has 33 heavy (non-hydrogen) atoms. The lowest BCUT2D eigenvalue weighted by atomic mass is 9.90. The van der Waals surface area contributed by atoms with Crippen LogP contribution in [0.3, 0.4) is 0 Å². The maximum atomic E-state index is 6.24. The van der Waals surface area contributed by atoms with Gasteiger partial charge in [-0.1, -0.05) is 29.8 Å². The molecule has 0 amide bonds. The van der Waals surface area contributed by atoms with E-state index in [0.29, 0.717) is 12.1 Å². The first-order valence-corrected chi connectivity index (χ1v) is 12.2. The number of fused-ring (bicyclic) bond motifs is 3. The zero-order valence-electron chi connectivity index (χ0n) is 18.6. The number of hydrogen-bond acceptors (Lipinski definition) is 5. The number of aromatic amines is 1. The number of anilines is 1. The molecule has 6 rings (SSSR count). The molecule has 2 N–H and O–H groups in total. The van der Waals surface area contributed by atoms with Crippen molar-refractivity contribution in [2.24, 2.45) is 0 Å². The van der Waals surface area contributed by atoms with Crippen LogP contribution in [-0.4, -0.2) is 58.2 Å². The molecule has 1 saturated carbocycles. The number of morpholine rings is 1. The van der Waals surface area contributed by atoms with Gasteiger partial charge >= 0.3 is 0 Å². The lowest BCUT2D eigenvalue weighted by Crippen LogP contribution is -2.46. The molecule has 4 aromatic rings. The summed E-state index contributed by atoms with van der Waals surface area (Å²) in [4.78, 5) is 15.2. The van der Waals surface area contributed by atoms with Gasteiger partial charge in [0.15, 0.2) is 0 Å². The second kappa shape index (κ2) is 8.93. The molecule has 0 atom stereocenters. The molecule has 2 aromatic heterocycles. The average molecular weight is 462 g/mol. The van der Waals surface area contributed by atoms with Gasteiger partial charge in [0.1, 0.15) is 17.8 Å². The number of hydrogen-bond donors (Lipinski definition) is 2. The molecule has 7 heteroatoms. The van der Waals surface area contributed by atoms with E-state index in [1.165, 1.54) is 12.8 Å². The van der Waals surface area contributed by atoms with Crippen molar-refractivity contribution in [2.75, 3.05) is 31.6 Å². The first-order chi connectivity index (χ1) is 16.2. The highest BCUT2D eigenvalue weighted by Crippen LogP contribution is 2.34. The summed E-state index contributed by atoms with van der Waals surface area (Å²) in [6.45, 7) is 3.88. The highest BCUT2D eigenvalue weighted by Gasteiger charge is 2.27. The fourth-order valence-corrected chi connectivity index (χ4v) is 5.59. The Balaban J connectivity index is 1.27. The van der Waals surface area contributed by atoms with Gasteiger partial charge in [-0.15, -0.1) is 0 Å². The van der Waals surface area contributed by atoms with Crippen LogP contribution in [0.2, 0.25) is 5.02 Å². The minimum atomic E-state index is 0.432. The molecule has 2 aliphatic rings. The van der Waals surface area contributed by atoms with Crippen LogP contribution in [0.1, 0.15) is 25.7 Å². The molecule has 1 saturated heterocycles. The van der Waals surface area contributed by atoms with E-state index in [2.05, 4.69) is 49.4 Å². The zero-order valence-corrected chi connectivity index (χ0v) is 19.3. The lowest BCUT2D eigenvalue weighted by Gasteiger charge is -2.39. The summed E-state index contributed by atoms with van der Waals surface area (Å²) in [5, 5.41) is 6.69. The van der Waals surface area contributed by atoms with E-state index in [1.54, 1.807) is 6.33 Å². The van der Waals surface area contributed by atoms with Crippen LogP contribution >= 0.6 is 11.6 Å². The van der Waals surface area contributed by atoms with E-state index >= 15 is 0 Å². The van der Waals surface area contributed by atoms with Gasteiger partial charge in [-0.2, -0.15) is 0 Å². The first kappa shape index (κ1) is 20.9. The first-order valence-electron chi connectivity index (χ1n) is 11.9. The van der Waals surface area contributed by atoms with Gasteiger partial charge in [0, 0.05) is 41.1 Å². The second-order valence-corrected chi connectivity index (χ2v) is 9.58. The normalized spacial score (nSPS) is 22.1. The Bertz CT molecular complexity index is 1270. The number of H-pyrrole nitrogens is 1. The van der Waals surface area contributed by atoms with E-state index in [-0.39, 0.29) is 0 Å². The minimum absolute atomic E-state index is 0.432. The van der Waals surface area contributed by atoms with Crippen LogP contribution in [0.15, 0.2) is 48.8 Å². The summed E-state index contributed by atoms with van der Waals surface area (Å²) in [6.07, 6.45) is 6.40. The van der Waals surface area contributed by atoms with E-state index in [0.717, 1.165) is 83.0 Å². The molecule has 0 bridgehead atoms. The molecule has 170 valence electrons. The highest BCUT2D eigenvalue weighted by molar-refractivity contribution is 6.30. The van der Waals surface area contributed by atoms with Crippen molar-refractivity contribution < 1.29 is 4.74 Å². The molecule has 1 aliphatic heterocycles. The summed E-state index contributed by atoms with van der Waals surface area (Å²) >= 11 is 6.24. The van der Waals surface area contributed by atoms with Crippen LogP contribution in [-0.2, 0) is 4.74 Å². The van der Waals surface area contributed by atoms with Gasteiger partial charge in [-0.05, 0) is 61.1 Å². The SMILES string of the molecule is Clc1cccc(-c2ccc3[nH]c4ncnc(N[C@H]5CC[C@H](N6CCOCC6)CC5)c4c3c2)c1. The van der Waals surface area contributed by atoms with Crippen LogP contribution in [0.25, 0.3) is 33.1 Å². The third kappa shape index (κ3) is 4.19. The molecule has 0 radical (unpaired) electrons. The summed E-state index contributed by atoms with van der Waals surface area (Å²) in [6, 6.07) is 15.5. The predicted octanol–water partition coefficient (Wildman–Crippen LogP) is 5.49. The summed E-state index contributed by atoms with van der Waals surface area (Å²) < 4.78 is 5.52. The average Bonchev–Trinajstić information content (AvgIpc) is 3.24.